The first-order chi connectivity index (χ1) is 8.70. The predicted octanol–water partition coefficient (Wildman–Crippen LogP) is 1.62. The number of aromatic nitrogens is 3. The zero-order valence-electron chi connectivity index (χ0n) is 11.1. The van der Waals surface area contributed by atoms with Crippen molar-refractivity contribution in [1.29, 1.82) is 0 Å². The van der Waals surface area contributed by atoms with Crippen LogP contribution in [0.2, 0.25) is 0 Å². The molecule has 100 valence electrons. The van der Waals surface area contributed by atoms with E-state index in [1.807, 2.05) is 6.92 Å². The molecule has 6 heteroatoms. The number of ether oxygens (including phenoxy) is 1. The average molecular weight is 251 g/mol. The fraction of sp³-hybridized carbons (Fsp3) is 0.750. The Hall–Kier alpha value is -1.59. The lowest BCUT2D eigenvalue weighted by Crippen LogP contribution is -2.38. The van der Waals surface area contributed by atoms with E-state index >= 15 is 0 Å². The summed E-state index contributed by atoms with van der Waals surface area (Å²) in [4.78, 5) is 14.7. The van der Waals surface area contributed by atoms with Crippen LogP contribution in [0.4, 0.5) is 11.9 Å². The number of hydrogen-bond acceptors (Lipinski definition) is 6. The Morgan fingerprint density at radius 2 is 2.17 bits per heavy atom. The first-order valence-electron chi connectivity index (χ1n) is 6.61. The second-order valence-electron chi connectivity index (χ2n) is 4.66. The van der Waals surface area contributed by atoms with Crippen LogP contribution in [-0.2, 0) is 0 Å². The van der Waals surface area contributed by atoms with Crippen LogP contribution >= 0.6 is 0 Å². The molecule has 1 atom stereocenters. The molecule has 1 aromatic heterocycles. The Morgan fingerprint density at radius 3 is 2.89 bits per heavy atom. The van der Waals surface area contributed by atoms with Gasteiger partial charge in [-0.15, -0.1) is 0 Å². The molecule has 2 heterocycles. The number of piperidine rings is 1. The number of anilines is 2. The summed E-state index contributed by atoms with van der Waals surface area (Å²) >= 11 is 0. The molecule has 0 aliphatic carbocycles. The summed E-state index contributed by atoms with van der Waals surface area (Å²) in [6, 6.07) is 0.775. The van der Waals surface area contributed by atoms with Crippen molar-refractivity contribution in [3.05, 3.63) is 0 Å². The van der Waals surface area contributed by atoms with Gasteiger partial charge in [0.1, 0.15) is 0 Å². The molecule has 0 aromatic carbocycles. The molecule has 2 N–H and O–H groups in total. The Morgan fingerprint density at radius 1 is 1.33 bits per heavy atom. The third kappa shape index (κ3) is 3.00. The molecule has 18 heavy (non-hydrogen) atoms. The molecule has 1 aliphatic rings. The first kappa shape index (κ1) is 12.9. The Bertz CT molecular complexity index is 398. The lowest BCUT2D eigenvalue weighted by molar-refractivity contribution is 0.291. The smallest absolute Gasteiger partial charge is 0.323 e. The Kier molecular flexibility index (Phi) is 4.17. The summed E-state index contributed by atoms with van der Waals surface area (Å²) in [6.07, 6.45) is 4.51. The van der Waals surface area contributed by atoms with Gasteiger partial charge in [0.2, 0.25) is 11.9 Å². The average Bonchev–Trinajstić information content (AvgIpc) is 2.36. The monoisotopic (exact) mass is 251 g/mol. The molecule has 1 aliphatic heterocycles. The highest BCUT2D eigenvalue weighted by Crippen LogP contribution is 2.22. The summed E-state index contributed by atoms with van der Waals surface area (Å²) in [5.41, 5.74) is 5.71. The maximum Gasteiger partial charge on any atom is 0.323 e. The van der Waals surface area contributed by atoms with Crippen molar-refractivity contribution in [1.82, 2.24) is 15.0 Å². The van der Waals surface area contributed by atoms with Crippen LogP contribution in [0.5, 0.6) is 6.01 Å². The van der Waals surface area contributed by atoms with Gasteiger partial charge in [0.25, 0.3) is 0 Å². The van der Waals surface area contributed by atoms with Crippen LogP contribution in [0.3, 0.4) is 0 Å². The summed E-state index contributed by atoms with van der Waals surface area (Å²) in [5.74, 6) is 0.865. The topological polar surface area (TPSA) is 77.2 Å². The molecule has 0 radical (unpaired) electrons. The van der Waals surface area contributed by atoms with Crippen LogP contribution in [0, 0.1) is 0 Å². The number of rotatable bonds is 4. The molecule has 2 rings (SSSR count). The van der Waals surface area contributed by atoms with Gasteiger partial charge in [-0.25, -0.2) is 0 Å². The van der Waals surface area contributed by atoms with E-state index in [0.29, 0.717) is 24.6 Å². The van der Waals surface area contributed by atoms with Gasteiger partial charge in [0, 0.05) is 12.6 Å². The Balaban J connectivity index is 2.18. The highest BCUT2D eigenvalue weighted by atomic mass is 16.5. The number of nitrogens with two attached hydrogens (primary N) is 1. The molecular weight excluding hydrogens is 230 g/mol. The first-order valence-corrected chi connectivity index (χ1v) is 6.61. The molecule has 6 nitrogen and oxygen atoms in total. The molecule has 1 saturated heterocycles. The fourth-order valence-corrected chi connectivity index (χ4v) is 2.14. The van der Waals surface area contributed by atoms with Gasteiger partial charge in [-0.3, -0.25) is 0 Å². The third-order valence-corrected chi connectivity index (χ3v) is 3.12. The molecule has 1 unspecified atom stereocenters. The van der Waals surface area contributed by atoms with Crippen LogP contribution in [-0.4, -0.2) is 34.1 Å². The van der Waals surface area contributed by atoms with Crippen molar-refractivity contribution < 1.29 is 4.74 Å². The predicted molar refractivity (Wildman–Crippen MR) is 70.7 cm³/mol. The molecule has 0 bridgehead atoms. The van der Waals surface area contributed by atoms with Crippen molar-refractivity contribution in [2.45, 2.75) is 45.6 Å². The van der Waals surface area contributed by atoms with Crippen LogP contribution < -0.4 is 15.4 Å². The van der Waals surface area contributed by atoms with Crippen LogP contribution in [0.1, 0.15) is 39.5 Å². The van der Waals surface area contributed by atoms with Crippen molar-refractivity contribution in [3.8, 4) is 6.01 Å². The van der Waals surface area contributed by atoms with Crippen LogP contribution in [0.15, 0.2) is 0 Å². The zero-order chi connectivity index (χ0) is 13.0. The third-order valence-electron chi connectivity index (χ3n) is 3.12. The molecule has 1 fully saturated rings. The van der Waals surface area contributed by atoms with Gasteiger partial charge in [0.15, 0.2) is 0 Å². The molecule has 0 amide bonds. The van der Waals surface area contributed by atoms with E-state index < -0.39 is 0 Å². The summed E-state index contributed by atoms with van der Waals surface area (Å²) in [5, 5.41) is 0. The van der Waals surface area contributed by atoms with E-state index in [-0.39, 0.29) is 5.95 Å². The Labute approximate surface area is 108 Å². The lowest BCUT2D eigenvalue weighted by Gasteiger charge is -2.33. The minimum absolute atomic E-state index is 0.226. The van der Waals surface area contributed by atoms with Gasteiger partial charge in [0.05, 0.1) is 6.61 Å². The van der Waals surface area contributed by atoms with Crippen molar-refractivity contribution in [2.24, 2.45) is 0 Å². The maximum absolute atomic E-state index is 5.71. The maximum atomic E-state index is 5.71. The fourth-order valence-electron chi connectivity index (χ4n) is 2.14. The molecular formula is C12H21N5O. The van der Waals surface area contributed by atoms with Crippen molar-refractivity contribution in [2.75, 3.05) is 23.8 Å². The normalized spacial score (nSPS) is 19.9. The van der Waals surface area contributed by atoms with E-state index in [4.69, 9.17) is 10.5 Å². The standard InChI is InChI=1S/C12H21N5O/c1-3-8-18-12-15-10(13)14-11(16-12)17-7-5-4-6-9(17)2/h9H,3-8H2,1-2H3,(H2,13,14,15,16). The quantitative estimate of drug-likeness (QED) is 0.876. The van der Waals surface area contributed by atoms with E-state index in [0.717, 1.165) is 19.4 Å². The van der Waals surface area contributed by atoms with Gasteiger partial charge in [-0.05, 0) is 32.6 Å². The highest BCUT2D eigenvalue weighted by Gasteiger charge is 2.22. The second-order valence-corrected chi connectivity index (χ2v) is 4.66. The zero-order valence-corrected chi connectivity index (χ0v) is 11.1. The van der Waals surface area contributed by atoms with Gasteiger partial charge in [-0.2, -0.15) is 15.0 Å². The number of hydrogen-bond donors (Lipinski definition) is 1. The summed E-state index contributed by atoms with van der Waals surface area (Å²) < 4.78 is 5.43. The lowest BCUT2D eigenvalue weighted by atomic mass is 10.0. The summed E-state index contributed by atoms with van der Waals surface area (Å²) in [6.45, 7) is 5.79. The van der Waals surface area contributed by atoms with E-state index in [1.54, 1.807) is 0 Å². The van der Waals surface area contributed by atoms with Gasteiger partial charge < -0.3 is 15.4 Å². The highest BCUT2D eigenvalue weighted by molar-refractivity contribution is 5.37. The van der Waals surface area contributed by atoms with Crippen LogP contribution in [0.25, 0.3) is 0 Å². The number of nitrogens with zero attached hydrogens (tertiary/aromatic N) is 4. The summed E-state index contributed by atoms with van der Waals surface area (Å²) in [7, 11) is 0. The van der Waals surface area contributed by atoms with Gasteiger partial charge in [-0.1, -0.05) is 6.92 Å². The van der Waals surface area contributed by atoms with Crippen molar-refractivity contribution >= 4 is 11.9 Å². The number of nitrogen functional groups attached to an aromatic ring is 1. The largest absolute Gasteiger partial charge is 0.463 e. The SMILES string of the molecule is CCCOc1nc(N)nc(N2CCCCC2C)n1. The van der Waals surface area contributed by atoms with Crippen molar-refractivity contribution in [3.63, 3.8) is 0 Å². The van der Waals surface area contributed by atoms with E-state index in [2.05, 4.69) is 26.8 Å². The van der Waals surface area contributed by atoms with E-state index in [1.165, 1.54) is 12.8 Å². The minimum atomic E-state index is 0.226. The van der Waals surface area contributed by atoms with E-state index in [9.17, 15) is 0 Å². The second kappa shape index (κ2) is 5.84. The minimum Gasteiger partial charge on any atom is -0.463 e. The molecule has 0 saturated carbocycles. The van der Waals surface area contributed by atoms with Gasteiger partial charge >= 0.3 is 6.01 Å². The molecule has 1 aromatic rings. The molecule has 0 spiro atoms.